The van der Waals surface area contributed by atoms with Gasteiger partial charge in [0.25, 0.3) is 0 Å². The number of hydrogen-bond donors (Lipinski definition) is 1. The molecule has 0 radical (unpaired) electrons. The van der Waals surface area contributed by atoms with Crippen molar-refractivity contribution in [3.8, 4) is 5.75 Å². The topological polar surface area (TPSA) is 86.1 Å². The van der Waals surface area contributed by atoms with Gasteiger partial charge in [-0.2, -0.15) is 0 Å². The summed E-state index contributed by atoms with van der Waals surface area (Å²) in [6.45, 7) is 0.349. The molecular formula is C13H14N4O3. The van der Waals surface area contributed by atoms with Crippen LogP contribution in [-0.4, -0.2) is 34.3 Å². The normalized spacial score (nSPS) is 10.1. The molecule has 1 heterocycles. The summed E-state index contributed by atoms with van der Waals surface area (Å²) in [5.41, 5.74) is 0.863. The number of rotatable bonds is 6. The third-order valence-corrected chi connectivity index (χ3v) is 2.63. The van der Waals surface area contributed by atoms with Crippen LogP contribution in [0.2, 0.25) is 0 Å². The van der Waals surface area contributed by atoms with Crippen LogP contribution in [0, 0.1) is 0 Å². The molecule has 1 aromatic carbocycles. The van der Waals surface area contributed by atoms with E-state index in [1.807, 2.05) is 12.1 Å². The first-order chi connectivity index (χ1) is 9.72. The van der Waals surface area contributed by atoms with Crippen molar-refractivity contribution in [1.82, 2.24) is 15.0 Å². The highest BCUT2D eigenvalue weighted by Gasteiger charge is 2.07. The number of aldehydes is 1. The Hall–Kier alpha value is -2.70. The lowest BCUT2D eigenvalue weighted by Gasteiger charge is -2.09. The Bertz CT molecular complexity index is 609. The second-order valence-electron chi connectivity index (χ2n) is 4.02. The number of hydrogen-bond acceptors (Lipinski definition) is 5. The Kier molecular flexibility index (Phi) is 4.43. The zero-order valence-corrected chi connectivity index (χ0v) is 10.9. The number of para-hydroxylation sites is 2. The molecule has 20 heavy (non-hydrogen) atoms. The Morgan fingerprint density at radius 1 is 1.45 bits per heavy atom. The number of benzene rings is 1. The molecular weight excluding hydrogens is 260 g/mol. The standard InChI is InChI=1S/C13H14N4O3/c1-20-12-5-3-2-4-11(12)14-13(19)6-7-17-8-10(9-18)15-16-17/h2-5,8-9H,6-7H2,1H3,(H,14,19). The fraction of sp³-hybridized carbons (Fsp3) is 0.231. The van der Waals surface area contributed by atoms with Crippen molar-refractivity contribution in [2.45, 2.75) is 13.0 Å². The Labute approximate surface area is 115 Å². The Morgan fingerprint density at radius 2 is 2.25 bits per heavy atom. The van der Waals surface area contributed by atoms with E-state index in [1.165, 1.54) is 10.9 Å². The van der Waals surface area contributed by atoms with Crippen LogP contribution in [0.1, 0.15) is 16.9 Å². The number of carbonyl (C=O) groups is 2. The zero-order chi connectivity index (χ0) is 14.4. The fourth-order valence-electron chi connectivity index (χ4n) is 1.65. The van der Waals surface area contributed by atoms with Crippen LogP contribution < -0.4 is 10.1 Å². The molecule has 0 saturated heterocycles. The number of methoxy groups -OCH3 is 1. The van der Waals surface area contributed by atoms with Gasteiger partial charge in [0, 0.05) is 6.42 Å². The number of nitrogens with zero attached hydrogens (tertiary/aromatic N) is 3. The molecule has 1 N–H and O–H groups in total. The third-order valence-electron chi connectivity index (χ3n) is 2.63. The van der Waals surface area contributed by atoms with Gasteiger partial charge in [0.15, 0.2) is 6.29 Å². The van der Waals surface area contributed by atoms with Gasteiger partial charge in [-0.15, -0.1) is 5.10 Å². The highest BCUT2D eigenvalue weighted by atomic mass is 16.5. The van der Waals surface area contributed by atoms with E-state index in [2.05, 4.69) is 15.6 Å². The van der Waals surface area contributed by atoms with Crippen LogP contribution >= 0.6 is 0 Å². The first-order valence-corrected chi connectivity index (χ1v) is 6.01. The number of carbonyl (C=O) groups excluding carboxylic acids is 2. The van der Waals surface area contributed by atoms with Crippen molar-refractivity contribution in [2.75, 3.05) is 12.4 Å². The molecule has 0 unspecified atom stereocenters. The largest absolute Gasteiger partial charge is 0.495 e. The summed E-state index contributed by atoms with van der Waals surface area (Å²) in [6.07, 6.45) is 2.32. The van der Waals surface area contributed by atoms with Crippen LogP contribution in [0.5, 0.6) is 5.75 Å². The maximum atomic E-state index is 11.8. The van der Waals surface area contributed by atoms with Crippen LogP contribution in [-0.2, 0) is 11.3 Å². The zero-order valence-electron chi connectivity index (χ0n) is 10.9. The van der Waals surface area contributed by atoms with E-state index in [1.54, 1.807) is 19.2 Å². The molecule has 0 aliphatic rings. The van der Waals surface area contributed by atoms with Gasteiger partial charge in [0.2, 0.25) is 5.91 Å². The number of ether oxygens (including phenoxy) is 1. The molecule has 2 aromatic rings. The van der Waals surface area contributed by atoms with E-state index >= 15 is 0 Å². The van der Waals surface area contributed by atoms with Crippen LogP contribution in [0.4, 0.5) is 5.69 Å². The Morgan fingerprint density at radius 3 is 2.95 bits per heavy atom. The van der Waals surface area contributed by atoms with Gasteiger partial charge in [-0.3, -0.25) is 14.3 Å². The predicted molar refractivity (Wildman–Crippen MR) is 71.7 cm³/mol. The van der Waals surface area contributed by atoms with Crippen LogP contribution in [0.3, 0.4) is 0 Å². The highest BCUT2D eigenvalue weighted by Crippen LogP contribution is 2.22. The molecule has 0 atom stereocenters. The van der Waals surface area contributed by atoms with Gasteiger partial charge in [-0.05, 0) is 12.1 Å². The van der Waals surface area contributed by atoms with Crippen molar-refractivity contribution in [3.63, 3.8) is 0 Å². The van der Waals surface area contributed by atoms with Crippen molar-refractivity contribution < 1.29 is 14.3 Å². The van der Waals surface area contributed by atoms with E-state index in [0.717, 1.165) is 0 Å². The lowest BCUT2D eigenvalue weighted by atomic mass is 10.3. The number of aromatic nitrogens is 3. The summed E-state index contributed by atoms with van der Waals surface area (Å²) in [5, 5.41) is 10.1. The van der Waals surface area contributed by atoms with Crippen molar-refractivity contribution >= 4 is 17.9 Å². The fourth-order valence-corrected chi connectivity index (χ4v) is 1.65. The molecule has 1 aromatic heterocycles. The smallest absolute Gasteiger partial charge is 0.226 e. The second-order valence-corrected chi connectivity index (χ2v) is 4.02. The summed E-state index contributed by atoms with van der Waals surface area (Å²) >= 11 is 0. The van der Waals surface area contributed by atoms with E-state index < -0.39 is 0 Å². The molecule has 0 spiro atoms. The SMILES string of the molecule is COc1ccccc1NC(=O)CCn1cc(C=O)nn1. The molecule has 104 valence electrons. The summed E-state index contributed by atoms with van der Waals surface area (Å²) in [5.74, 6) is 0.433. The van der Waals surface area contributed by atoms with E-state index in [4.69, 9.17) is 4.74 Å². The van der Waals surface area contributed by atoms with Crippen molar-refractivity contribution in [1.29, 1.82) is 0 Å². The van der Waals surface area contributed by atoms with Gasteiger partial charge in [0.05, 0.1) is 25.5 Å². The van der Waals surface area contributed by atoms with Gasteiger partial charge in [-0.1, -0.05) is 17.3 Å². The first-order valence-electron chi connectivity index (χ1n) is 6.01. The van der Waals surface area contributed by atoms with E-state index in [9.17, 15) is 9.59 Å². The summed E-state index contributed by atoms with van der Waals surface area (Å²) in [4.78, 5) is 22.3. The molecule has 1 amide bonds. The minimum atomic E-state index is -0.169. The number of anilines is 1. The number of aryl methyl sites for hydroxylation is 1. The third kappa shape index (κ3) is 3.41. The molecule has 0 saturated carbocycles. The maximum Gasteiger partial charge on any atom is 0.226 e. The van der Waals surface area contributed by atoms with Gasteiger partial charge in [0.1, 0.15) is 11.4 Å². The molecule has 0 fully saturated rings. The monoisotopic (exact) mass is 274 g/mol. The lowest BCUT2D eigenvalue weighted by molar-refractivity contribution is -0.116. The van der Waals surface area contributed by atoms with Crippen LogP contribution in [0.25, 0.3) is 0 Å². The predicted octanol–water partition coefficient (Wildman–Crippen LogP) is 1.13. The first kappa shape index (κ1) is 13.7. The molecule has 0 aliphatic carbocycles. The molecule has 0 aliphatic heterocycles. The Balaban J connectivity index is 1.90. The van der Waals surface area contributed by atoms with E-state index in [-0.39, 0.29) is 18.0 Å². The van der Waals surface area contributed by atoms with E-state index in [0.29, 0.717) is 24.3 Å². The molecule has 7 heteroatoms. The van der Waals surface area contributed by atoms with Gasteiger partial charge >= 0.3 is 0 Å². The minimum absolute atomic E-state index is 0.169. The average Bonchev–Trinajstić information content (AvgIpc) is 2.94. The lowest BCUT2D eigenvalue weighted by Crippen LogP contribution is -2.15. The molecule has 0 bridgehead atoms. The summed E-state index contributed by atoms with van der Waals surface area (Å²) < 4.78 is 6.60. The van der Waals surface area contributed by atoms with Crippen molar-refractivity contribution in [3.05, 3.63) is 36.2 Å². The van der Waals surface area contributed by atoms with Gasteiger partial charge in [-0.25, -0.2) is 0 Å². The number of nitrogens with one attached hydrogen (secondary N) is 1. The minimum Gasteiger partial charge on any atom is -0.495 e. The van der Waals surface area contributed by atoms with Crippen molar-refractivity contribution in [2.24, 2.45) is 0 Å². The average molecular weight is 274 g/mol. The summed E-state index contributed by atoms with van der Waals surface area (Å²) in [7, 11) is 1.54. The summed E-state index contributed by atoms with van der Waals surface area (Å²) in [6, 6.07) is 7.16. The van der Waals surface area contributed by atoms with Gasteiger partial charge < -0.3 is 10.1 Å². The molecule has 2 rings (SSSR count). The molecule has 7 nitrogen and oxygen atoms in total. The second kappa shape index (κ2) is 6.46. The highest BCUT2D eigenvalue weighted by molar-refractivity contribution is 5.92. The maximum absolute atomic E-state index is 11.8. The van der Waals surface area contributed by atoms with Crippen LogP contribution in [0.15, 0.2) is 30.5 Å². The quantitative estimate of drug-likeness (QED) is 0.798. The number of amides is 1.